The summed E-state index contributed by atoms with van der Waals surface area (Å²) < 4.78 is 4.55. The molecule has 56 valence electrons. The monoisotopic (exact) mass is 141 g/mol. The van der Waals surface area contributed by atoms with E-state index in [-0.39, 0.29) is 0 Å². The molecule has 0 heterocycles. The van der Waals surface area contributed by atoms with Crippen LogP contribution in [0.4, 0.5) is 0 Å². The third kappa shape index (κ3) is 4.98. The standard InChI is InChI=1S/C7H11NO2/c1-4-10-7(9)5-6-8(2)3/h4H2,1-3H3. The molecular formula is C7H11NO2. The van der Waals surface area contributed by atoms with Gasteiger partial charge in [-0.15, -0.1) is 0 Å². The fourth-order valence-corrected chi connectivity index (χ4v) is 0.325. The number of nitrogens with zero attached hydrogens (tertiary/aromatic N) is 1. The van der Waals surface area contributed by atoms with E-state index >= 15 is 0 Å². The first-order valence-corrected chi connectivity index (χ1v) is 3.02. The van der Waals surface area contributed by atoms with Crippen LogP contribution in [0, 0.1) is 12.0 Å². The summed E-state index contributed by atoms with van der Waals surface area (Å²) in [6.45, 7) is 2.12. The summed E-state index contributed by atoms with van der Waals surface area (Å²) in [5.74, 6) is 1.82. The fraction of sp³-hybridized carbons (Fsp3) is 0.571. The predicted molar refractivity (Wildman–Crippen MR) is 38.1 cm³/mol. The summed E-state index contributed by atoms with van der Waals surface area (Å²) in [7, 11) is 3.51. The van der Waals surface area contributed by atoms with Gasteiger partial charge < -0.3 is 9.64 Å². The highest BCUT2D eigenvalue weighted by molar-refractivity contribution is 5.88. The molecular weight excluding hydrogens is 130 g/mol. The normalized spacial score (nSPS) is 7.50. The van der Waals surface area contributed by atoms with Crippen LogP contribution < -0.4 is 0 Å². The Labute approximate surface area is 61.0 Å². The van der Waals surface area contributed by atoms with E-state index in [1.165, 1.54) is 0 Å². The lowest BCUT2D eigenvalue weighted by Gasteiger charge is -1.97. The van der Waals surface area contributed by atoms with Crippen molar-refractivity contribution >= 4 is 5.97 Å². The Hall–Kier alpha value is -1.17. The van der Waals surface area contributed by atoms with Gasteiger partial charge in [0.05, 0.1) is 6.61 Å². The molecule has 0 N–H and O–H groups in total. The van der Waals surface area contributed by atoms with Gasteiger partial charge in [0.2, 0.25) is 0 Å². The number of esters is 1. The van der Waals surface area contributed by atoms with Crippen molar-refractivity contribution in [2.75, 3.05) is 20.7 Å². The number of hydrogen-bond acceptors (Lipinski definition) is 3. The SMILES string of the molecule is CCOC(=O)C#CN(C)C. The molecule has 0 amide bonds. The van der Waals surface area contributed by atoms with Gasteiger partial charge in [-0.25, -0.2) is 4.79 Å². The lowest BCUT2D eigenvalue weighted by Crippen LogP contribution is -2.05. The van der Waals surface area contributed by atoms with Crippen LogP contribution in [0.5, 0.6) is 0 Å². The maximum absolute atomic E-state index is 10.5. The number of carbonyl (C=O) groups excluding carboxylic acids is 1. The maximum Gasteiger partial charge on any atom is 0.386 e. The van der Waals surface area contributed by atoms with E-state index < -0.39 is 5.97 Å². The second-order valence-corrected chi connectivity index (χ2v) is 1.85. The Morgan fingerprint density at radius 3 is 2.60 bits per heavy atom. The molecule has 0 aromatic carbocycles. The van der Waals surface area contributed by atoms with Crippen molar-refractivity contribution in [1.82, 2.24) is 4.90 Å². The van der Waals surface area contributed by atoms with Gasteiger partial charge in [-0.05, 0) is 6.92 Å². The molecule has 0 aromatic heterocycles. The van der Waals surface area contributed by atoms with Crippen molar-refractivity contribution in [2.45, 2.75) is 6.92 Å². The minimum Gasteiger partial charge on any atom is -0.456 e. The third-order valence-electron chi connectivity index (χ3n) is 0.657. The average Bonchev–Trinajstić information content (AvgIpc) is 1.85. The molecule has 0 unspecified atom stereocenters. The van der Waals surface area contributed by atoms with Crippen molar-refractivity contribution < 1.29 is 9.53 Å². The molecule has 3 heteroatoms. The van der Waals surface area contributed by atoms with Crippen molar-refractivity contribution in [1.29, 1.82) is 0 Å². The Morgan fingerprint density at radius 1 is 1.60 bits per heavy atom. The highest BCUT2D eigenvalue weighted by Gasteiger charge is 1.91. The zero-order valence-electron chi connectivity index (χ0n) is 6.47. The van der Waals surface area contributed by atoms with Crippen molar-refractivity contribution in [3.63, 3.8) is 0 Å². The molecule has 0 bridgehead atoms. The smallest absolute Gasteiger partial charge is 0.386 e. The molecule has 0 atom stereocenters. The number of hydrogen-bond donors (Lipinski definition) is 0. The molecule has 0 saturated carbocycles. The summed E-state index contributed by atoms with van der Waals surface area (Å²) in [6, 6.07) is 2.54. The van der Waals surface area contributed by atoms with Gasteiger partial charge in [0, 0.05) is 26.1 Å². The predicted octanol–water partition coefficient (Wildman–Crippen LogP) is 0.0720. The van der Waals surface area contributed by atoms with Crippen LogP contribution in [0.2, 0.25) is 0 Å². The molecule has 0 aliphatic heterocycles. The molecule has 0 aliphatic rings. The van der Waals surface area contributed by atoms with Crippen molar-refractivity contribution in [3.8, 4) is 12.0 Å². The molecule has 0 spiro atoms. The second kappa shape index (κ2) is 4.68. The molecule has 10 heavy (non-hydrogen) atoms. The van der Waals surface area contributed by atoms with Crippen LogP contribution in [0.15, 0.2) is 0 Å². The highest BCUT2D eigenvalue weighted by Crippen LogP contribution is 1.74. The molecule has 0 aliphatic carbocycles. The van der Waals surface area contributed by atoms with Crippen LogP contribution in [-0.2, 0) is 9.53 Å². The van der Waals surface area contributed by atoms with Gasteiger partial charge in [0.25, 0.3) is 0 Å². The highest BCUT2D eigenvalue weighted by atomic mass is 16.5. The minimum atomic E-state index is -0.476. The lowest BCUT2D eigenvalue weighted by molar-refractivity contribution is -0.136. The van der Waals surface area contributed by atoms with Gasteiger partial charge in [-0.3, -0.25) is 0 Å². The van der Waals surface area contributed by atoms with Gasteiger partial charge >= 0.3 is 5.97 Å². The first kappa shape index (κ1) is 8.83. The van der Waals surface area contributed by atoms with E-state index in [1.807, 2.05) is 0 Å². The number of carbonyl (C=O) groups is 1. The van der Waals surface area contributed by atoms with Gasteiger partial charge in [-0.2, -0.15) is 0 Å². The van der Waals surface area contributed by atoms with Crippen LogP contribution >= 0.6 is 0 Å². The van der Waals surface area contributed by atoms with Gasteiger partial charge in [0.1, 0.15) is 0 Å². The van der Waals surface area contributed by atoms with Crippen molar-refractivity contribution in [3.05, 3.63) is 0 Å². The van der Waals surface area contributed by atoms with E-state index in [9.17, 15) is 4.79 Å². The van der Waals surface area contributed by atoms with Gasteiger partial charge in [0.15, 0.2) is 0 Å². The summed E-state index contributed by atoms with van der Waals surface area (Å²) in [5.41, 5.74) is 0. The lowest BCUT2D eigenvalue weighted by atomic mass is 10.6. The zero-order chi connectivity index (χ0) is 7.98. The number of rotatable bonds is 1. The molecule has 0 radical (unpaired) electrons. The van der Waals surface area contributed by atoms with Crippen LogP contribution in [0.3, 0.4) is 0 Å². The summed E-state index contributed by atoms with van der Waals surface area (Å²) in [5, 5.41) is 0. The van der Waals surface area contributed by atoms with E-state index in [0.29, 0.717) is 6.61 Å². The Balaban J connectivity index is 3.69. The summed E-state index contributed by atoms with van der Waals surface area (Å²) in [4.78, 5) is 12.1. The van der Waals surface area contributed by atoms with Crippen LogP contribution in [-0.4, -0.2) is 31.6 Å². The molecule has 3 nitrogen and oxygen atoms in total. The van der Waals surface area contributed by atoms with E-state index in [2.05, 4.69) is 16.7 Å². The summed E-state index contributed by atoms with van der Waals surface area (Å²) in [6.07, 6.45) is 0. The zero-order valence-corrected chi connectivity index (χ0v) is 6.47. The fourth-order valence-electron chi connectivity index (χ4n) is 0.325. The first-order valence-electron chi connectivity index (χ1n) is 3.02. The van der Waals surface area contributed by atoms with E-state index in [1.54, 1.807) is 25.9 Å². The van der Waals surface area contributed by atoms with E-state index in [4.69, 9.17) is 0 Å². The molecule has 0 rings (SSSR count). The Bertz CT molecular complexity index is 164. The Kier molecular flexibility index (Phi) is 4.14. The van der Waals surface area contributed by atoms with Gasteiger partial charge in [-0.1, -0.05) is 0 Å². The first-order chi connectivity index (χ1) is 4.66. The average molecular weight is 141 g/mol. The topological polar surface area (TPSA) is 29.5 Å². The largest absolute Gasteiger partial charge is 0.456 e. The molecule has 0 aromatic rings. The van der Waals surface area contributed by atoms with Crippen LogP contribution in [0.1, 0.15) is 6.92 Å². The third-order valence-corrected chi connectivity index (χ3v) is 0.657. The van der Waals surface area contributed by atoms with Crippen molar-refractivity contribution in [2.24, 2.45) is 0 Å². The second-order valence-electron chi connectivity index (χ2n) is 1.85. The quantitative estimate of drug-likeness (QED) is 0.294. The van der Waals surface area contributed by atoms with E-state index in [0.717, 1.165) is 0 Å². The molecule has 0 fully saturated rings. The summed E-state index contributed by atoms with van der Waals surface area (Å²) >= 11 is 0. The minimum absolute atomic E-state index is 0.376. The van der Waals surface area contributed by atoms with Crippen LogP contribution in [0.25, 0.3) is 0 Å². The number of ether oxygens (including phenoxy) is 1. The maximum atomic E-state index is 10.5. The Morgan fingerprint density at radius 2 is 2.20 bits per heavy atom. The molecule has 0 saturated heterocycles.